The third kappa shape index (κ3) is 0.950. The van der Waals surface area contributed by atoms with Crippen molar-refractivity contribution in [1.82, 2.24) is 0 Å². The summed E-state index contributed by atoms with van der Waals surface area (Å²) in [6, 6.07) is 0. The average molecular weight is 134 g/mol. The van der Waals surface area contributed by atoms with Crippen LogP contribution in [0, 0.1) is 5.92 Å². The predicted molar refractivity (Wildman–Crippen MR) is 32.8 cm³/mol. The highest BCUT2D eigenvalue weighted by atomic mass is 19.2. The first-order valence-electron chi connectivity index (χ1n) is 3.41. The highest BCUT2D eigenvalue weighted by Crippen LogP contribution is 2.44. The number of halogens is 2. The summed E-state index contributed by atoms with van der Waals surface area (Å²) in [5, 5.41) is 0. The van der Waals surface area contributed by atoms with Gasteiger partial charge in [0.25, 0.3) is 0 Å². The SMILES string of the molecule is CCC1CC(C)(F)C1F. The second kappa shape index (κ2) is 1.93. The van der Waals surface area contributed by atoms with Crippen LogP contribution in [-0.2, 0) is 0 Å². The molecular formula is C7H12F2. The van der Waals surface area contributed by atoms with E-state index in [1.54, 1.807) is 0 Å². The first kappa shape index (κ1) is 6.97. The molecule has 0 saturated heterocycles. The van der Waals surface area contributed by atoms with E-state index in [9.17, 15) is 8.78 Å². The molecular weight excluding hydrogens is 122 g/mol. The van der Waals surface area contributed by atoms with Gasteiger partial charge in [-0.25, -0.2) is 8.78 Å². The van der Waals surface area contributed by atoms with Crippen LogP contribution in [0.3, 0.4) is 0 Å². The lowest BCUT2D eigenvalue weighted by molar-refractivity contribution is -0.0791. The number of hydrogen-bond acceptors (Lipinski definition) is 0. The van der Waals surface area contributed by atoms with Crippen LogP contribution in [0.25, 0.3) is 0 Å². The molecule has 0 aromatic heterocycles. The minimum atomic E-state index is -1.51. The lowest BCUT2D eigenvalue weighted by atomic mass is 9.70. The molecule has 1 aliphatic carbocycles. The Morgan fingerprint density at radius 1 is 1.67 bits per heavy atom. The van der Waals surface area contributed by atoms with Gasteiger partial charge in [0.1, 0.15) is 11.8 Å². The fourth-order valence-corrected chi connectivity index (χ4v) is 1.41. The lowest BCUT2D eigenvalue weighted by Crippen LogP contribution is -2.50. The monoisotopic (exact) mass is 134 g/mol. The minimum absolute atomic E-state index is 0.0139. The summed E-state index contributed by atoms with van der Waals surface area (Å²) in [5.41, 5.74) is -1.51. The number of hydrogen-bond donors (Lipinski definition) is 0. The Bertz CT molecular complexity index is 109. The Kier molecular flexibility index (Phi) is 1.49. The van der Waals surface area contributed by atoms with Crippen molar-refractivity contribution in [2.75, 3.05) is 0 Å². The lowest BCUT2D eigenvalue weighted by Gasteiger charge is -2.42. The second-order valence-corrected chi connectivity index (χ2v) is 3.05. The van der Waals surface area contributed by atoms with Crippen molar-refractivity contribution >= 4 is 0 Å². The van der Waals surface area contributed by atoms with E-state index in [1.165, 1.54) is 6.92 Å². The summed E-state index contributed by atoms with van der Waals surface area (Å²) in [4.78, 5) is 0. The molecule has 0 nitrogen and oxygen atoms in total. The van der Waals surface area contributed by atoms with E-state index in [2.05, 4.69) is 0 Å². The summed E-state index contributed by atoms with van der Waals surface area (Å²) in [7, 11) is 0. The molecule has 0 N–H and O–H groups in total. The van der Waals surface area contributed by atoms with Crippen molar-refractivity contribution in [3.05, 3.63) is 0 Å². The molecule has 3 unspecified atom stereocenters. The molecule has 1 fully saturated rings. The minimum Gasteiger partial charge on any atom is -0.244 e. The largest absolute Gasteiger partial charge is 0.244 e. The molecule has 0 aromatic carbocycles. The molecule has 0 spiro atoms. The van der Waals surface area contributed by atoms with Gasteiger partial charge in [0.2, 0.25) is 0 Å². The zero-order valence-electron chi connectivity index (χ0n) is 5.82. The van der Waals surface area contributed by atoms with E-state index < -0.39 is 11.8 Å². The smallest absolute Gasteiger partial charge is 0.139 e. The zero-order valence-corrected chi connectivity index (χ0v) is 5.82. The van der Waals surface area contributed by atoms with Crippen molar-refractivity contribution < 1.29 is 8.78 Å². The van der Waals surface area contributed by atoms with Crippen LogP contribution in [0.15, 0.2) is 0 Å². The van der Waals surface area contributed by atoms with Gasteiger partial charge in [0, 0.05) is 0 Å². The topological polar surface area (TPSA) is 0 Å². The van der Waals surface area contributed by atoms with Gasteiger partial charge in [0.05, 0.1) is 0 Å². The van der Waals surface area contributed by atoms with E-state index in [-0.39, 0.29) is 5.92 Å². The van der Waals surface area contributed by atoms with Gasteiger partial charge in [-0.2, -0.15) is 0 Å². The molecule has 54 valence electrons. The van der Waals surface area contributed by atoms with Gasteiger partial charge in [-0.3, -0.25) is 0 Å². The Morgan fingerprint density at radius 2 is 2.22 bits per heavy atom. The molecule has 0 aromatic rings. The van der Waals surface area contributed by atoms with Crippen LogP contribution >= 0.6 is 0 Å². The van der Waals surface area contributed by atoms with E-state index in [0.29, 0.717) is 6.42 Å². The van der Waals surface area contributed by atoms with Gasteiger partial charge in [-0.15, -0.1) is 0 Å². The molecule has 2 heteroatoms. The van der Waals surface area contributed by atoms with Crippen molar-refractivity contribution in [3.63, 3.8) is 0 Å². The maximum atomic E-state index is 12.7. The standard InChI is InChI=1S/C7H12F2/c1-3-5-4-7(2,9)6(5)8/h5-6H,3-4H2,1-2H3. The molecule has 1 saturated carbocycles. The van der Waals surface area contributed by atoms with Gasteiger partial charge in [-0.1, -0.05) is 13.3 Å². The molecule has 0 amide bonds. The van der Waals surface area contributed by atoms with Crippen molar-refractivity contribution in [2.24, 2.45) is 5.92 Å². The molecule has 0 bridgehead atoms. The van der Waals surface area contributed by atoms with E-state index in [0.717, 1.165) is 6.42 Å². The predicted octanol–water partition coefficient (Wildman–Crippen LogP) is 2.48. The highest BCUT2D eigenvalue weighted by molar-refractivity contribution is 4.99. The Morgan fingerprint density at radius 3 is 2.33 bits per heavy atom. The summed E-state index contributed by atoms with van der Waals surface area (Å²) in [6.45, 7) is 3.23. The summed E-state index contributed by atoms with van der Waals surface area (Å²) in [5.74, 6) is -0.0139. The Labute approximate surface area is 54.3 Å². The third-order valence-corrected chi connectivity index (χ3v) is 2.17. The number of alkyl halides is 2. The van der Waals surface area contributed by atoms with Crippen LogP contribution < -0.4 is 0 Å². The molecule has 0 aliphatic heterocycles. The van der Waals surface area contributed by atoms with Crippen LogP contribution in [0.2, 0.25) is 0 Å². The van der Waals surface area contributed by atoms with Crippen molar-refractivity contribution in [1.29, 1.82) is 0 Å². The highest BCUT2D eigenvalue weighted by Gasteiger charge is 2.51. The molecule has 9 heavy (non-hydrogen) atoms. The fourth-order valence-electron chi connectivity index (χ4n) is 1.41. The van der Waals surface area contributed by atoms with E-state index in [1.807, 2.05) is 6.92 Å². The quantitative estimate of drug-likeness (QED) is 0.516. The number of rotatable bonds is 1. The maximum Gasteiger partial charge on any atom is 0.139 e. The zero-order chi connectivity index (χ0) is 7.07. The second-order valence-electron chi connectivity index (χ2n) is 3.05. The van der Waals surface area contributed by atoms with Gasteiger partial charge >= 0.3 is 0 Å². The van der Waals surface area contributed by atoms with Crippen molar-refractivity contribution in [2.45, 2.75) is 38.5 Å². The molecule has 0 heterocycles. The average Bonchev–Trinajstić information content (AvgIpc) is 1.82. The van der Waals surface area contributed by atoms with Gasteiger partial charge in [0.15, 0.2) is 0 Å². The van der Waals surface area contributed by atoms with Crippen LogP contribution in [0.4, 0.5) is 8.78 Å². The summed E-state index contributed by atoms with van der Waals surface area (Å²) < 4.78 is 25.2. The normalized spacial score (nSPS) is 50.7. The first-order chi connectivity index (χ1) is 4.08. The molecule has 1 rings (SSSR count). The fraction of sp³-hybridized carbons (Fsp3) is 1.00. The maximum absolute atomic E-state index is 12.7. The molecule has 1 aliphatic rings. The molecule has 0 radical (unpaired) electrons. The van der Waals surface area contributed by atoms with E-state index in [4.69, 9.17) is 0 Å². The van der Waals surface area contributed by atoms with E-state index >= 15 is 0 Å². The van der Waals surface area contributed by atoms with Gasteiger partial charge < -0.3 is 0 Å². The summed E-state index contributed by atoms with van der Waals surface area (Å²) >= 11 is 0. The van der Waals surface area contributed by atoms with Crippen LogP contribution in [0.1, 0.15) is 26.7 Å². The first-order valence-corrected chi connectivity index (χ1v) is 3.41. The van der Waals surface area contributed by atoms with Crippen LogP contribution in [0.5, 0.6) is 0 Å². The third-order valence-electron chi connectivity index (χ3n) is 2.17. The van der Waals surface area contributed by atoms with Crippen molar-refractivity contribution in [3.8, 4) is 0 Å². The Hall–Kier alpha value is -0.140. The summed E-state index contributed by atoms with van der Waals surface area (Å²) in [6.07, 6.45) is -0.0341. The molecule has 3 atom stereocenters. The van der Waals surface area contributed by atoms with Crippen LogP contribution in [-0.4, -0.2) is 11.8 Å². The van der Waals surface area contributed by atoms with Gasteiger partial charge in [-0.05, 0) is 19.3 Å². The Balaban J connectivity index is 2.41.